The number of aromatic nitrogens is 2. The van der Waals surface area contributed by atoms with Crippen LogP contribution in [0, 0.1) is 5.92 Å². The van der Waals surface area contributed by atoms with Gasteiger partial charge in [-0.2, -0.15) is 4.98 Å². The van der Waals surface area contributed by atoms with Crippen molar-refractivity contribution in [3.05, 3.63) is 11.8 Å². The predicted molar refractivity (Wildman–Crippen MR) is 64.4 cm³/mol. The fraction of sp³-hybridized carbons (Fsp3) is 0.667. The second-order valence-corrected chi connectivity index (χ2v) is 5.12. The smallest absolute Gasteiger partial charge is 0.222 e. The fourth-order valence-electron chi connectivity index (χ4n) is 2.36. The first-order valence-corrected chi connectivity index (χ1v) is 6.12. The fourth-order valence-corrected chi connectivity index (χ4v) is 2.36. The lowest BCUT2D eigenvalue weighted by Crippen LogP contribution is -2.21. The molecule has 0 bridgehead atoms. The molecular formula is C12H18N4. The highest BCUT2D eigenvalue weighted by molar-refractivity contribution is 5.45. The van der Waals surface area contributed by atoms with Crippen LogP contribution in [-0.2, 0) is 0 Å². The Labute approximate surface area is 95.9 Å². The normalized spacial score (nSPS) is 25.1. The van der Waals surface area contributed by atoms with Crippen LogP contribution in [-0.4, -0.2) is 23.1 Å². The van der Waals surface area contributed by atoms with Gasteiger partial charge in [0.2, 0.25) is 5.95 Å². The molecule has 2 heterocycles. The summed E-state index contributed by atoms with van der Waals surface area (Å²) in [4.78, 5) is 11.0. The third kappa shape index (κ3) is 1.84. The molecule has 4 nitrogen and oxygen atoms in total. The van der Waals surface area contributed by atoms with Crippen LogP contribution in [0.3, 0.4) is 0 Å². The van der Waals surface area contributed by atoms with Crippen LogP contribution in [0.15, 0.2) is 6.07 Å². The summed E-state index contributed by atoms with van der Waals surface area (Å²) in [5.41, 5.74) is 6.92. The molecular weight excluding hydrogens is 200 g/mol. The SMILES string of the molecule is CC1CCN(c2cc(C3CC3)nc(N)n2)C1. The van der Waals surface area contributed by atoms with Crippen LogP contribution in [0.4, 0.5) is 11.8 Å². The van der Waals surface area contributed by atoms with Crippen LogP contribution in [0.5, 0.6) is 0 Å². The molecule has 1 unspecified atom stereocenters. The lowest BCUT2D eigenvalue weighted by molar-refractivity contribution is 0.658. The van der Waals surface area contributed by atoms with Gasteiger partial charge in [-0.25, -0.2) is 4.98 Å². The molecule has 1 atom stereocenters. The maximum atomic E-state index is 5.78. The Bertz CT molecular complexity index is 400. The monoisotopic (exact) mass is 218 g/mol. The van der Waals surface area contributed by atoms with E-state index in [0.717, 1.165) is 30.5 Å². The van der Waals surface area contributed by atoms with Crippen LogP contribution >= 0.6 is 0 Å². The molecule has 1 aromatic heterocycles. The average Bonchev–Trinajstić information content (AvgIpc) is 3.01. The zero-order valence-corrected chi connectivity index (χ0v) is 9.69. The summed E-state index contributed by atoms with van der Waals surface area (Å²) in [5, 5.41) is 0. The van der Waals surface area contributed by atoms with E-state index in [1.165, 1.54) is 19.3 Å². The van der Waals surface area contributed by atoms with Crippen molar-refractivity contribution in [1.29, 1.82) is 0 Å². The number of nitrogens with two attached hydrogens (primary N) is 1. The number of hydrogen-bond donors (Lipinski definition) is 1. The lowest BCUT2D eigenvalue weighted by Gasteiger charge is -2.17. The predicted octanol–water partition coefficient (Wildman–Crippen LogP) is 1.78. The van der Waals surface area contributed by atoms with E-state index < -0.39 is 0 Å². The Hall–Kier alpha value is -1.32. The van der Waals surface area contributed by atoms with Crippen LogP contribution < -0.4 is 10.6 Å². The highest BCUT2D eigenvalue weighted by Crippen LogP contribution is 2.40. The van der Waals surface area contributed by atoms with E-state index in [-0.39, 0.29) is 0 Å². The summed E-state index contributed by atoms with van der Waals surface area (Å²) in [6.07, 6.45) is 3.77. The van der Waals surface area contributed by atoms with E-state index in [1.807, 2.05) is 0 Å². The van der Waals surface area contributed by atoms with Gasteiger partial charge in [0.05, 0.1) is 5.69 Å². The van der Waals surface area contributed by atoms with Crippen molar-refractivity contribution in [2.45, 2.75) is 32.1 Å². The van der Waals surface area contributed by atoms with Crippen LogP contribution in [0.25, 0.3) is 0 Å². The molecule has 0 aromatic carbocycles. The van der Waals surface area contributed by atoms with Crippen molar-refractivity contribution >= 4 is 11.8 Å². The maximum absolute atomic E-state index is 5.78. The quantitative estimate of drug-likeness (QED) is 0.822. The summed E-state index contributed by atoms with van der Waals surface area (Å²) in [6.45, 7) is 4.48. The van der Waals surface area contributed by atoms with Gasteiger partial charge >= 0.3 is 0 Å². The second-order valence-electron chi connectivity index (χ2n) is 5.12. The minimum absolute atomic E-state index is 0.430. The van der Waals surface area contributed by atoms with E-state index in [4.69, 9.17) is 5.73 Å². The standard InChI is InChI=1S/C12H18N4/c1-8-4-5-16(7-8)11-6-10(9-2-3-9)14-12(13)15-11/h6,8-9H,2-5,7H2,1H3,(H2,13,14,15). The Balaban J connectivity index is 1.88. The van der Waals surface area contributed by atoms with Gasteiger partial charge < -0.3 is 10.6 Å². The molecule has 86 valence electrons. The highest BCUT2D eigenvalue weighted by Gasteiger charge is 2.27. The molecule has 3 rings (SSSR count). The zero-order chi connectivity index (χ0) is 11.1. The summed E-state index contributed by atoms with van der Waals surface area (Å²) in [5.74, 6) is 2.86. The highest BCUT2D eigenvalue weighted by atomic mass is 15.2. The molecule has 0 radical (unpaired) electrons. The van der Waals surface area contributed by atoms with Gasteiger partial charge in [0.25, 0.3) is 0 Å². The van der Waals surface area contributed by atoms with Crippen molar-refractivity contribution in [2.75, 3.05) is 23.7 Å². The first-order valence-electron chi connectivity index (χ1n) is 6.12. The van der Waals surface area contributed by atoms with Gasteiger partial charge in [0.1, 0.15) is 5.82 Å². The van der Waals surface area contributed by atoms with Crippen molar-refractivity contribution in [3.63, 3.8) is 0 Å². The first-order chi connectivity index (χ1) is 7.72. The Morgan fingerprint density at radius 1 is 1.31 bits per heavy atom. The van der Waals surface area contributed by atoms with Gasteiger partial charge in [-0.15, -0.1) is 0 Å². The van der Waals surface area contributed by atoms with Crippen molar-refractivity contribution in [1.82, 2.24) is 9.97 Å². The Kier molecular flexibility index (Phi) is 2.23. The van der Waals surface area contributed by atoms with Crippen LogP contribution in [0.2, 0.25) is 0 Å². The van der Waals surface area contributed by atoms with Gasteiger partial charge in [-0.3, -0.25) is 0 Å². The summed E-state index contributed by atoms with van der Waals surface area (Å²) in [7, 11) is 0. The molecule has 2 N–H and O–H groups in total. The van der Waals surface area contributed by atoms with Crippen molar-refractivity contribution in [2.24, 2.45) is 5.92 Å². The van der Waals surface area contributed by atoms with Crippen LogP contribution in [0.1, 0.15) is 37.8 Å². The third-order valence-electron chi connectivity index (χ3n) is 3.49. The number of hydrogen-bond acceptors (Lipinski definition) is 4. The molecule has 1 aliphatic carbocycles. The third-order valence-corrected chi connectivity index (χ3v) is 3.49. The van der Waals surface area contributed by atoms with E-state index in [1.54, 1.807) is 0 Å². The summed E-state index contributed by atoms with van der Waals surface area (Å²) in [6, 6.07) is 2.13. The minimum Gasteiger partial charge on any atom is -0.368 e. The van der Waals surface area contributed by atoms with Gasteiger partial charge in [0, 0.05) is 25.1 Å². The van der Waals surface area contributed by atoms with Crippen molar-refractivity contribution in [3.8, 4) is 0 Å². The molecule has 1 aromatic rings. The first kappa shape index (κ1) is 9.87. The zero-order valence-electron chi connectivity index (χ0n) is 9.69. The van der Waals surface area contributed by atoms with E-state index in [0.29, 0.717) is 11.9 Å². The molecule has 4 heteroatoms. The molecule has 2 aliphatic rings. The van der Waals surface area contributed by atoms with Gasteiger partial charge in [-0.05, 0) is 25.2 Å². The molecule has 1 aliphatic heterocycles. The summed E-state index contributed by atoms with van der Waals surface area (Å²) < 4.78 is 0. The Morgan fingerprint density at radius 2 is 2.12 bits per heavy atom. The molecule has 0 spiro atoms. The second kappa shape index (κ2) is 3.61. The molecule has 0 amide bonds. The average molecular weight is 218 g/mol. The number of rotatable bonds is 2. The number of nitrogens with zero attached hydrogens (tertiary/aromatic N) is 3. The topological polar surface area (TPSA) is 55.0 Å². The molecule has 2 fully saturated rings. The molecule has 16 heavy (non-hydrogen) atoms. The van der Waals surface area contributed by atoms with E-state index >= 15 is 0 Å². The summed E-state index contributed by atoms with van der Waals surface area (Å²) >= 11 is 0. The van der Waals surface area contributed by atoms with Gasteiger partial charge in [0.15, 0.2) is 0 Å². The van der Waals surface area contributed by atoms with Gasteiger partial charge in [-0.1, -0.05) is 6.92 Å². The number of nitrogen functional groups attached to an aromatic ring is 1. The largest absolute Gasteiger partial charge is 0.368 e. The van der Waals surface area contributed by atoms with E-state index in [9.17, 15) is 0 Å². The molecule has 1 saturated carbocycles. The van der Waals surface area contributed by atoms with E-state index in [2.05, 4.69) is 27.9 Å². The number of anilines is 2. The van der Waals surface area contributed by atoms with Crippen molar-refractivity contribution < 1.29 is 0 Å². The maximum Gasteiger partial charge on any atom is 0.222 e. The lowest BCUT2D eigenvalue weighted by atomic mass is 10.2. The molecule has 1 saturated heterocycles. The minimum atomic E-state index is 0.430. The Morgan fingerprint density at radius 3 is 2.75 bits per heavy atom.